The maximum atomic E-state index is 4.80. The highest BCUT2D eigenvalue weighted by Gasteiger charge is 2.09. The molecule has 26 heavy (non-hydrogen) atoms. The van der Waals surface area contributed by atoms with E-state index in [0.717, 1.165) is 45.5 Å². The van der Waals surface area contributed by atoms with E-state index in [1.807, 2.05) is 48.5 Å². The first kappa shape index (κ1) is 16.7. The Morgan fingerprint density at radius 3 is 2.31 bits per heavy atom. The zero-order chi connectivity index (χ0) is 17.8. The molecule has 3 nitrogen and oxygen atoms in total. The van der Waals surface area contributed by atoms with Crippen molar-refractivity contribution in [1.29, 1.82) is 0 Å². The summed E-state index contributed by atoms with van der Waals surface area (Å²) in [4.78, 5) is 9.54. The first-order valence-corrected chi connectivity index (χ1v) is 9.39. The van der Waals surface area contributed by atoms with Gasteiger partial charge in [-0.15, -0.1) is 0 Å². The number of hydrogen-bond donors (Lipinski definition) is 1. The first-order valence-electron chi connectivity index (χ1n) is 8.60. The van der Waals surface area contributed by atoms with Crippen LogP contribution in [0.4, 0.5) is 5.82 Å². The molecule has 1 N–H and O–H groups in total. The molecular weight excluding hydrogens is 386 g/mol. The van der Waals surface area contributed by atoms with Gasteiger partial charge in [0, 0.05) is 22.0 Å². The Hall–Kier alpha value is -2.72. The van der Waals surface area contributed by atoms with Gasteiger partial charge in [0.05, 0.1) is 5.52 Å². The SMILES string of the molecule is Brc1ccc2nc(-c3ccccc3)nc(NCCc3ccccc3)c2c1. The molecule has 0 fully saturated rings. The van der Waals surface area contributed by atoms with E-state index < -0.39 is 0 Å². The van der Waals surface area contributed by atoms with Crippen molar-refractivity contribution in [1.82, 2.24) is 9.97 Å². The van der Waals surface area contributed by atoms with Crippen LogP contribution in [-0.4, -0.2) is 16.5 Å². The first-order chi connectivity index (χ1) is 12.8. The van der Waals surface area contributed by atoms with Crippen LogP contribution >= 0.6 is 15.9 Å². The largest absolute Gasteiger partial charge is 0.369 e. The molecule has 4 rings (SSSR count). The van der Waals surface area contributed by atoms with Gasteiger partial charge in [0.2, 0.25) is 0 Å². The predicted octanol–water partition coefficient (Wildman–Crippen LogP) is 5.71. The van der Waals surface area contributed by atoms with E-state index in [9.17, 15) is 0 Å². The summed E-state index contributed by atoms with van der Waals surface area (Å²) >= 11 is 3.55. The van der Waals surface area contributed by atoms with Crippen molar-refractivity contribution in [2.24, 2.45) is 0 Å². The number of rotatable bonds is 5. The lowest BCUT2D eigenvalue weighted by molar-refractivity contribution is 1.01. The van der Waals surface area contributed by atoms with E-state index in [0.29, 0.717) is 0 Å². The smallest absolute Gasteiger partial charge is 0.162 e. The maximum absolute atomic E-state index is 4.80. The predicted molar refractivity (Wildman–Crippen MR) is 111 cm³/mol. The molecule has 0 amide bonds. The van der Waals surface area contributed by atoms with E-state index in [2.05, 4.69) is 51.6 Å². The lowest BCUT2D eigenvalue weighted by Gasteiger charge is -2.11. The molecule has 4 heteroatoms. The monoisotopic (exact) mass is 403 g/mol. The number of nitrogens with zero attached hydrogens (tertiary/aromatic N) is 2. The van der Waals surface area contributed by atoms with Crippen molar-refractivity contribution in [3.63, 3.8) is 0 Å². The Balaban J connectivity index is 1.67. The molecule has 0 saturated heterocycles. The van der Waals surface area contributed by atoms with Gasteiger partial charge in [-0.1, -0.05) is 76.6 Å². The Morgan fingerprint density at radius 1 is 0.808 bits per heavy atom. The number of hydrogen-bond acceptors (Lipinski definition) is 3. The number of aromatic nitrogens is 2. The summed E-state index contributed by atoms with van der Waals surface area (Å²) < 4.78 is 1.02. The summed E-state index contributed by atoms with van der Waals surface area (Å²) in [7, 11) is 0. The molecule has 0 unspecified atom stereocenters. The molecule has 0 saturated carbocycles. The van der Waals surface area contributed by atoms with Crippen molar-refractivity contribution in [3.05, 3.63) is 88.9 Å². The third-order valence-electron chi connectivity index (χ3n) is 4.24. The molecule has 128 valence electrons. The second-order valence-corrected chi connectivity index (χ2v) is 7.00. The van der Waals surface area contributed by atoms with E-state index in [1.165, 1.54) is 5.56 Å². The minimum atomic E-state index is 0.739. The molecule has 0 bridgehead atoms. The molecule has 0 atom stereocenters. The third kappa shape index (κ3) is 3.75. The summed E-state index contributed by atoms with van der Waals surface area (Å²) in [5.41, 5.74) is 3.26. The fraction of sp³-hybridized carbons (Fsp3) is 0.0909. The Bertz CT molecular complexity index is 1020. The molecule has 3 aromatic carbocycles. The van der Waals surface area contributed by atoms with Crippen LogP contribution in [0.3, 0.4) is 0 Å². The van der Waals surface area contributed by atoms with Crippen molar-refractivity contribution >= 4 is 32.7 Å². The van der Waals surface area contributed by atoms with Gasteiger partial charge in [0.1, 0.15) is 5.82 Å². The van der Waals surface area contributed by atoms with Crippen LogP contribution in [0.5, 0.6) is 0 Å². The van der Waals surface area contributed by atoms with Crippen LogP contribution in [0.15, 0.2) is 83.3 Å². The molecule has 0 aliphatic heterocycles. The zero-order valence-corrected chi connectivity index (χ0v) is 15.8. The highest BCUT2D eigenvalue weighted by atomic mass is 79.9. The molecule has 1 aromatic heterocycles. The van der Waals surface area contributed by atoms with Gasteiger partial charge in [-0.25, -0.2) is 9.97 Å². The minimum absolute atomic E-state index is 0.739. The molecule has 0 radical (unpaired) electrons. The molecule has 4 aromatic rings. The Kier molecular flexibility index (Phi) is 4.93. The summed E-state index contributed by atoms with van der Waals surface area (Å²) in [6, 6.07) is 26.7. The third-order valence-corrected chi connectivity index (χ3v) is 4.73. The van der Waals surface area contributed by atoms with Crippen molar-refractivity contribution in [2.75, 3.05) is 11.9 Å². The number of fused-ring (bicyclic) bond motifs is 1. The van der Waals surface area contributed by atoms with Gasteiger partial charge in [-0.3, -0.25) is 0 Å². The van der Waals surface area contributed by atoms with E-state index in [1.54, 1.807) is 0 Å². The molecule has 0 aliphatic rings. The molecule has 0 aliphatic carbocycles. The quantitative estimate of drug-likeness (QED) is 0.463. The lowest BCUT2D eigenvalue weighted by Crippen LogP contribution is -2.08. The van der Waals surface area contributed by atoms with Crippen molar-refractivity contribution in [2.45, 2.75) is 6.42 Å². The molecular formula is C22H18BrN3. The van der Waals surface area contributed by atoms with Crippen LogP contribution in [-0.2, 0) is 6.42 Å². The molecule has 1 heterocycles. The van der Waals surface area contributed by atoms with Crippen molar-refractivity contribution in [3.8, 4) is 11.4 Å². The van der Waals surface area contributed by atoms with Crippen LogP contribution in [0.1, 0.15) is 5.56 Å². The van der Waals surface area contributed by atoms with Gasteiger partial charge >= 0.3 is 0 Å². The van der Waals surface area contributed by atoms with Gasteiger partial charge in [-0.2, -0.15) is 0 Å². The van der Waals surface area contributed by atoms with Crippen LogP contribution in [0.2, 0.25) is 0 Å². The summed E-state index contributed by atoms with van der Waals surface area (Å²) in [5, 5.41) is 4.52. The summed E-state index contributed by atoms with van der Waals surface area (Å²) in [6.45, 7) is 0.816. The van der Waals surface area contributed by atoms with Gasteiger partial charge < -0.3 is 5.32 Å². The average molecular weight is 404 g/mol. The van der Waals surface area contributed by atoms with Gasteiger partial charge in [-0.05, 0) is 30.2 Å². The summed E-state index contributed by atoms with van der Waals surface area (Å²) in [5.74, 6) is 1.61. The lowest BCUT2D eigenvalue weighted by atomic mass is 10.1. The number of benzene rings is 3. The van der Waals surface area contributed by atoms with Crippen LogP contribution in [0.25, 0.3) is 22.3 Å². The molecule has 0 spiro atoms. The van der Waals surface area contributed by atoms with Gasteiger partial charge in [0.25, 0.3) is 0 Å². The topological polar surface area (TPSA) is 37.8 Å². The number of nitrogens with one attached hydrogen (secondary N) is 1. The number of anilines is 1. The fourth-order valence-corrected chi connectivity index (χ4v) is 3.28. The van der Waals surface area contributed by atoms with Crippen LogP contribution < -0.4 is 5.32 Å². The summed E-state index contributed by atoms with van der Waals surface area (Å²) in [6.07, 6.45) is 0.945. The minimum Gasteiger partial charge on any atom is -0.369 e. The highest BCUT2D eigenvalue weighted by molar-refractivity contribution is 9.10. The van der Waals surface area contributed by atoms with E-state index >= 15 is 0 Å². The van der Waals surface area contributed by atoms with Gasteiger partial charge in [0.15, 0.2) is 5.82 Å². The second kappa shape index (κ2) is 7.67. The zero-order valence-electron chi connectivity index (χ0n) is 14.2. The fourth-order valence-electron chi connectivity index (χ4n) is 2.92. The Morgan fingerprint density at radius 2 is 1.54 bits per heavy atom. The van der Waals surface area contributed by atoms with E-state index in [-0.39, 0.29) is 0 Å². The average Bonchev–Trinajstić information content (AvgIpc) is 2.69. The standard InChI is InChI=1S/C22H18BrN3/c23-18-11-12-20-19(15-18)22(24-14-13-16-7-3-1-4-8-16)26-21(25-20)17-9-5-2-6-10-17/h1-12,15H,13-14H2,(H,24,25,26). The maximum Gasteiger partial charge on any atom is 0.162 e. The number of halogens is 1. The van der Waals surface area contributed by atoms with Crippen LogP contribution in [0, 0.1) is 0 Å². The Labute approximate surface area is 161 Å². The van der Waals surface area contributed by atoms with Crippen molar-refractivity contribution < 1.29 is 0 Å². The normalized spacial score (nSPS) is 10.8. The second-order valence-electron chi connectivity index (χ2n) is 6.09. The van der Waals surface area contributed by atoms with E-state index in [4.69, 9.17) is 9.97 Å². The highest BCUT2D eigenvalue weighted by Crippen LogP contribution is 2.27.